The Labute approximate surface area is 105 Å². The molecular formula is C10H10BrNO3S. The van der Waals surface area contributed by atoms with Crippen LogP contribution in [0.2, 0.25) is 0 Å². The van der Waals surface area contributed by atoms with Crippen LogP contribution in [0.15, 0.2) is 20.9 Å². The SMILES string of the molecule is CCOC(=O)C1N=COC1c1cc(Br)cs1. The summed E-state index contributed by atoms with van der Waals surface area (Å²) in [4.78, 5) is 16.6. The van der Waals surface area contributed by atoms with Crippen LogP contribution in [-0.4, -0.2) is 25.0 Å². The van der Waals surface area contributed by atoms with Crippen LogP contribution in [-0.2, 0) is 14.3 Å². The average Bonchev–Trinajstić information content (AvgIpc) is 2.85. The number of ether oxygens (including phenoxy) is 2. The van der Waals surface area contributed by atoms with E-state index < -0.39 is 6.04 Å². The fourth-order valence-electron chi connectivity index (χ4n) is 1.43. The number of nitrogens with zero attached hydrogens (tertiary/aromatic N) is 1. The van der Waals surface area contributed by atoms with Gasteiger partial charge in [0.1, 0.15) is 0 Å². The number of carbonyl (C=O) groups excluding carboxylic acids is 1. The van der Waals surface area contributed by atoms with Crippen molar-refractivity contribution in [2.45, 2.75) is 19.1 Å². The van der Waals surface area contributed by atoms with Crippen molar-refractivity contribution in [3.05, 3.63) is 20.8 Å². The maximum Gasteiger partial charge on any atom is 0.335 e. The molecule has 2 atom stereocenters. The van der Waals surface area contributed by atoms with Crippen molar-refractivity contribution in [1.29, 1.82) is 0 Å². The van der Waals surface area contributed by atoms with Crippen molar-refractivity contribution in [2.24, 2.45) is 4.99 Å². The molecule has 0 saturated carbocycles. The third kappa shape index (κ3) is 2.27. The molecule has 0 fully saturated rings. The van der Waals surface area contributed by atoms with Crippen molar-refractivity contribution in [3.8, 4) is 0 Å². The molecule has 2 heterocycles. The minimum Gasteiger partial charge on any atom is -0.472 e. The maximum absolute atomic E-state index is 11.6. The molecule has 2 rings (SSSR count). The van der Waals surface area contributed by atoms with Gasteiger partial charge in [0.25, 0.3) is 0 Å². The second-order valence-electron chi connectivity index (χ2n) is 3.18. The van der Waals surface area contributed by atoms with Crippen molar-refractivity contribution in [3.63, 3.8) is 0 Å². The molecule has 1 aliphatic heterocycles. The fraction of sp³-hybridized carbons (Fsp3) is 0.400. The zero-order valence-corrected chi connectivity index (χ0v) is 11.0. The summed E-state index contributed by atoms with van der Waals surface area (Å²) < 4.78 is 11.3. The quantitative estimate of drug-likeness (QED) is 0.806. The molecule has 0 bridgehead atoms. The van der Waals surface area contributed by atoms with Crippen LogP contribution >= 0.6 is 27.3 Å². The summed E-state index contributed by atoms with van der Waals surface area (Å²) in [7, 11) is 0. The van der Waals surface area contributed by atoms with E-state index >= 15 is 0 Å². The number of aliphatic imine (C=N–C) groups is 1. The van der Waals surface area contributed by atoms with Gasteiger partial charge in [-0.3, -0.25) is 0 Å². The van der Waals surface area contributed by atoms with Crippen molar-refractivity contribution >= 4 is 39.6 Å². The monoisotopic (exact) mass is 303 g/mol. The lowest BCUT2D eigenvalue weighted by atomic mass is 10.1. The van der Waals surface area contributed by atoms with E-state index in [2.05, 4.69) is 20.9 Å². The first-order valence-electron chi connectivity index (χ1n) is 4.80. The van der Waals surface area contributed by atoms with Crippen molar-refractivity contribution in [2.75, 3.05) is 6.61 Å². The molecule has 0 N–H and O–H groups in total. The highest BCUT2D eigenvalue weighted by atomic mass is 79.9. The van der Waals surface area contributed by atoms with Crippen molar-refractivity contribution < 1.29 is 14.3 Å². The Bertz CT molecular complexity index is 418. The minimum absolute atomic E-state index is 0.342. The van der Waals surface area contributed by atoms with E-state index in [0.717, 1.165) is 9.35 Å². The van der Waals surface area contributed by atoms with Crippen LogP contribution in [0.25, 0.3) is 0 Å². The number of hydrogen-bond donors (Lipinski definition) is 0. The molecular weight excluding hydrogens is 294 g/mol. The van der Waals surface area contributed by atoms with E-state index in [0.29, 0.717) is 6.61 Å². The van der Waals surface area contributed by atoms with Gasteiger partial charge in [0.05, 0.1) is 6.61 Å². The van der Waals surface area contributed by atoms with E-state index in [-0.39, 0.29) is 12.1 Å². The van der Waals surface area contributed by atoms with E-state index in [1.54, 1.807) is 6.92 Å². The second-order valence-corrected chi connectivity index (χ2v) is 5.03. The van der Waals surface area contributed by atoms with Crippen molar-refractivity contribution in [1.82, 2.24) is 0 Å². The van der Waals surface area contributed by atoms with Gasteiger partial charge in [0, 0.05) is 14.7 Å². The number of rotatable bonds is 3. The highest BCUT2D eigenvalue weighted by Crippen LogP contribution is 2.33. The largest absolute Gasteiger partial charge is 0.472 e. The molecule has 0 aromatic carbocycles. The van der Waals surface area contributed by atoms with Gasteiger partial charge in [-0.05, 0) is 28.9 Å². The van der Waals surface area contributed by atoms with Gasteiger partial charge in [0.15, 0.2) is 18.5 Å². The molecule has 0 radical (unpaired) electrons. The molecule has 0 saturated heterocycles. The molecule has 1 aromatic heterocycles. The Morgan fingerprint density at radius 3 is 3.19 bits per heavy atom. The molecule has 86 valence electrons. The smallest absolute Gasteiger partial charge is 0.335 e. The van der Waals surface area contributed by atoms with E-state index in [1.807, 2.05) is 11.4 Å². The lowest BCUT2D eigenvalue weighted by molar-refractivity contribution is -0.146. The predicted molar refractivity (Wildman–Crippen MR) is 64.8 cm³/mol. The predicted octanol–water partition coefficient (Wildman–Crippen LogP) is 2.54. The molecule has 6 heteroatoms. The standard InChI is InChI=1S/C10H10BrNO3S/c1-2-14-10(13)8-9(15-5-12-8)7-3-6(11)4-16-7/h3-5,8-9H,2H2,1H3. The fourth-order valence-corrected chi connectivity index (χ4v) is 2.94. The van der Waals surface area contributed by atoms with Gasteiger partial charge in [-0.25, -0.2) is 9.79 Å². The van der Waals surface area contributed by atoms with Crippen LogP contribution in [0.5, 0.6) is 0 Å². The Hall–Kier alpha value is -0.880. The van der Waals surface area contributed by atoms with Gasteiger partial charge in [-0.2, -0.15) is 0 Å². The molecule has 2 unspecified atom stereocenters. The molecule has 4 nitrogen and oxygen atoms in total. The summed E-state index contributed by atoms with van der Waals surface area (Å²) in [6.07, 6.45) is 0.968. The lowest BCUT2D eigenvalue weighted by Gasteiger charge is -2.14. The zero-order valence-electron chi connectivity index (χ0n) is 8.55. The minimum atomic E-state index is -0.578. The summed E-state index contributed by atoms with van der Waals surface area (Å²) in [6, 6.07) is 1.35. The summed E-state index contributed by atoms with van der Waals surface area (Å²) in [5, 5.41) is 1.94. The Balaban J connectivity index is 2.13. The zero-order chi connectivity index (χ0) is 11.5. The first kappa shape index (κ1) is 11.6. The molecule has 1 aromatic rings. The maximum atomic E-state index is 11.6. The number of esters is 1. The van der Waals surface area contributed by atoms with Gasteiger partial charge >= 0.3 is 5.97 Å². The summed E-state index contributed by atoms with van der Waals surface area (Å²) >= 11 is 4.89. The summed E-state index contributed by atoms with van der Waals surface area (Å²) in [5.74, 6) is -0.342. The normalized spacial score (nSPS) is 23.1. The lowest BCUT2D eigenvalue weighted by Crippen LogP contribution is -2.25. The van der Waals surface area contributed by atoms with Gasteiger partial charge in [-0.15, -0.1) is 11.3 Å². The first-order chi connectivity index (χ1) is 7.72. The van der Waals surface area contributed by atoms with Gasteiger partial charge in [-0.1, -0.05) is 0 Å². The molecule has 0 aliphatic carbocycles. The molecule has 0 spiro atoms. The Morgan fingerprint density at radius 2 is 2.56 bits per heavy atom. The molecule has 1 aliphatic rings. The Kier molecular flexibility index (Phi) is 3.60. The average molecular weight is 304 g/mol. The van der Waals surface area contributed by atoms with E-state index in [9.17, 15) is 4.79 Å². The molecule has 16 heavy (non-hydrogen) atoms. The van der Waals surface area contributed by atoms with E-state index in [1.165, 1.54) is 17.7 Å². The number of halogens is 1. The van der Waals surface area contributed by atoms with Crippen LogP contribution in [0.3, 0.4) is 0 Å². The summed E-state index contributed by atoms with van der Waals surface area (Å²) in [6.45, 7) is 2.12. The van der Waals surface area contributed by atoms with Crippen LogP contribution in [0.4, 0.5) is 0 Å². The summed E-state index contributed by atoms with van der Waals surface area (Å²) in [5.41, 5.74) is 0. The highest BCUT2D eigenvalue weighted by molar-refractivity contribution is 9.10. The Morgan fingerprint density at radius 1 is 1.75 bits per heavy atom. The number of carbonyl (C=O) groups is 1. The third-order valence-corrected chi connectivity index (χ3v) is 3.87. The van der Waals surface area contributed by atoms with Crippen LogP contribution in [0.1, 0.15) is 17.9 Å². The van der Waals surface area contributed by atoms with Crippen LogP contribution < -0.4 is 0 Å². The number of hydrogen-bond acceptors (Lipinski definition) is 5. The third-order valence-electron chi connectivity index (χ3n) is 2.11. The number of thiophene rings is 1. The topological polar surface area (TPSA) is 47.9 Å². The highest BCUT2D eigenvalue weighted by Gasteiger charge is 2.35. The van der Waals surface area contributed by atoms with Gasteiger partial charge < -0.3 is 9.47 Å². The van der Waals surface area contributed by atoms with E-state index in [4.69, 9.17) is 9.47 Å². The first-order valence-corrected chi connectivity index (χ1v) is 6.47. The van der Waals surface area contributed by atoms with Gasteiger partial charge in [0.2, 0.25) is 0 Å². The molecule has 0 amide bonds. The van der Waals surface area contributed by atoms with Crippen LogP contribution in [0, 0.1) is 0 Å². The second kappa shape index (κ2) is 4.97.